The Bertz CT molecular complexity index is 1120. The van der Waals surface area contributed by atoms with Crippen molar-refractivity contribution < 1.29 is 37.0 Å². The number of esters is 2. The molecule has 0 amide bonds. The number of carbonyl (C=O) groups is 2. The Hall–Kier alpha value is -2.20. The lowest BCUT2D eigenvalue weighted by molar-refractivity contribution is -0.158. The number of carbonyl (C=O) groups excluding carboxylic acids is 2. The van der Waals surface area contributed by atoms with Gasteiger partial charge < -0.3 is 18.9 Å². The van der Waals surface area contributed by atoms with Crippen LogP contribution in [0.15, 0.2) is 46.2 Å². The van der Waals surface area contributed by atoms with E-state index in [-0.39, 0.29) is 38.8 Å². The highest BCUT2D eigenvalue weighted by molar-refractivity contribution is 7.91. The highest BCUT2D eigenvalue weighted by atomic mass is 35.5. The number of alkyl halides is 1. The van der Waals surface area contributed by atoms with Crippen LogP contribution in [-0.4, -0.2) is 52.2 Å². The van der Waals surface area contributed by atoms with E-state index in [0.717, 1.165) is 0 Å². The summed E-state index contributed by atoms with van der Waals surface area (Å²) in [6.45, 7) is 2.41. The van der Waals surface area contributed by atoms with E-state index in [9.17, 15) is 18.0 Å². The maximum atomic E-state index is 13.0. The zero-order chi connectivity index (χ0) is 25.3. The molecule has 0 heterocycles. The van der Waals surface area contributed by atoms with Gasteiger partial charge in [-0.15, -0.1) is 11.6 Å². The Morgan fingerprint density at radius 2 is 1.44 bits per heavy atom. The minimum absolute atomic E-state index is 0.0160. The van der Waals surface area contributed by atoms with Crippen LogP contribution in [0.5, 0.6) is 11.5 Å². The first kappa shape index (κ1) is 28.0. The van der Waals surface area contributed by atoms with Crippen molar-refractivity contribution in [3.8, 4) is 11.5 Å². The Morgan fingerprint density at radius 1 is 0.882 bits per heavy atom. The zero-order valence-corrected chi connectivity index (χ0v) is 21.5. The van der Waals surface area contributed by atoms with Crippen LogP contribution in [0.2, 0.25) is 10.0 Å². The average molecular weight is 554 g/mol. The second-order valence-electron chi connectivity index (χ2n) is 6.92. The number of benzene rings is 2. The van der Waals surface area contributed by atoms with Gasteiger partial charge >= 0.3 is 11.9 Å². The largest absolute Gasteiger partial charge is 0.492 e. The van der Waals surface area contributed by atoms with Crippen molar-refractivity contribution in [3.63, 3.8) is 0 Å². The van der Waals surface area contributed by atoms with Crippen LogP contribution in [0.4, 0.5) is 0 Å². The highest BCUT2D eigenvalue weighted by Gasteiger charge is 2.22. The summed E-state index contributed by atoms with van der Waals surface area (Å²) in [5.74, 6) is -0.186. The third kappa shape index (κ3) is 8.23. The lowest BCUT2D eigenvalue weighted by Crippen LogP contribution is -2.29. The molecule has 8 nitrogen and oxygen atoms in total. The minimum Gasteiger partial charge on any atom is -0.492 e. The molecular weight excluding hydrogens is 531 g/mol. The van der Waals surface area contributed by atoms with Gasteiger partial charge in [-0.05, 0) is 42.8 Å². The molecule has 34 heavy (non-hydrogen) atoms. The van der Waals surface area contributed by atoms with Gasteiger partial charge in [-0.25, -0.2) is 8.42 Å². The van der Waals surface area contributed by atoms with Gasteiger partial charge in [-0.2, -0.15) is 0 Å². The van der Waals surface area contributed by atoms with Gasteiger partial charge in [0, 0.05) is 19.7 Å². The standard InChI is InChI=1S/C22H23Cl3O8S/c1-14(26)31-12-16(33-15(2)27)13-32-22-7-5-18(11-20(22)25)34(28,29)17-4-6-21(19(24)10-17)30-9-3-8-23/h4-7,10-11,16H,3,8-9,12-13H2,1-2H3/t16-/m0/s1. The fourth-order valence-corrected chi connectivity index (χ4v) is 4.67. The van der Waals surface area contributed by atoms with Gasteiger partial charge in [0.2, 0.25) is 9.84 Å². The van der Waals surface area contributed by atoms with Crippen LogP contribution in [0.3, 0.4) is 0 Å². The quantitative estimate of drug-likeness (QED) is 0.211. The summed E-state index contributed by atoms with van der Waals surface area (Å²) in [6.07, 6.45) is -0.246. The van der Waals surface area contributed by atoms with Crippen molar-refractivity contribution in [2.45, 2.75) is 36.2 Å². The molecule has 0 unspecified atom stereocenters. The van der Waals surface area contributed by atoms with Gasteiger partial charge in [0.15, 0.2) is 6.10 Å². The molecule has 1 atom stereocenters. The number of rotatable bonds is 12. The molecule has 0 radical (unpaired) electrons. The Balaban J connectivity index is 2.15. The summed E-state index contributed by atoms with van der Waals surface area (Å²) in [4.78, 5) is 22.1. The molecule has 2 rings (SSSR count). The highest BCUT2D eigenvalue weighted by Crippen LogP contribution is 2.33. The molecule has 0 aliphatic heterocycles. The van der Waals surface area contributed by atoms with Gasteiger partial charge in [-0.1, -0.05) is 23.2 Å². The SMILES string of the molecule is CC(=O)OC[C@@H](COc1ccc(S(=O)(=O)c2ccc(OCCCCl)c(Cl)c2)cc1Cl)OC(C)=O. The van der Waals surface area contributed by atoms with Crippen LogP contribution in [0.25, 0.3) is 0 Å². The summed E-state index contributed by atoms with van der Waals surface area (Å²) in [5, 5.41) is 0.160. The summed E-state index contributed by atoms with van der Waals surface area (Å²) >= 11 is 18.0. The molecule has 0 bridgehead atoms. The van der Waals surface area contributed by atoms with E-state index in [4.69, 9.17) is 53.8 Å². The van der Waals surface area contributed by atoms with Crippen molar-refractivity contribution >= 4 is 56.6 Å². The summed E-state index contributed by atoms with van der Waals surface area (Å²) in [6, 6.07) is 8.08. The normalized spacial score (nSPS) is 12.0. The van der Waals surface area contributed by atoms with E-state index in [1.807, 2.05) is 0 Å². The molecule has 0 spiro atoms. The second kappa shape index (κ2) is 13.0. The van der Waals surface area contributed by atoms with Crippen molar-refractivity contribution in [3.05, 3.63) is 46.4 Å². The number of hydrogen-bond donors (Lipinski definition) is 0. The molecule has 0 fully saturated rings. The molecule has 12 heteroatoms. The summed E-state index contributed by atoms with van der Waals surface area (Å²) in [7, 11) is -3.94. The van der Waals surface area contributed by atoms with E-state index >= 15 is 0 Å². The van der Waals surface area contributed by atoms with Crippen LogP contribution in [0.1, 0.15) is 20.3 Å². The van der Waals surface area contributed by atoms with E-state index in [1.165, 1.54) is 50.2 Å². The minimum atomic E-state index is -3.94. The molecule has 2 aromatic carbocycles. The van der Waals surface area contributed by atoms with E-state index < -0.39 is 27.9 Å². The smallest absolute Gasteiger partial charge is 0.303 e. The van der Waals surface area contributed by atoms with Crippen molar-refractivity contribution in [1.29, 1.82) is 0 Å². The topological polar surface area (TPSA) is 105 Å². The predicted molar refractivity (Wildman–Crippen MR) is 127 cm³/mol. The first-order chi connectivity index (χ1) is 16.0. The first-order valence-corrected chi connectivity index (χ1v) is 12.8. The number of halogens is 3. The lowest BCUT2D eigenvalue weighted by atomic mass is 10.3. The summed E-state index contributed by atoms with van der Waals surface area (Å²) in [5.41, 5.74) is 0. The molecule has 0 aliphatic rings. The maximum absolute atomic E-state index is 13.0. The second-order valence-corrected chi connectivity index (χ2v) is 10.1. The van der Waals surface area contributed by atoms with Crippen LogP contribution in [-0.2, 0) is 28.9 Å². The third-order valence-electron chi connectivity index (χ3n) is 4.19. The van der Waals surface area contributed by atoms with Gasteiger partial charge in [-0.3, -0.25) is 9.59 Å². The zero-order valence-electron chi connectivity index (χ0n) is 18.4. The molecule has 0 saturated carbocycles. The van der Waals surface area contributed by atoms with E-state index in [0.29, 0.717) is 24.7 Å². The van der Waals surface area contributed by atoms with Crippen LogP contribution < -0.4 is 9.47 Å². The summed E-state index contributed by atoms with van der Waals surface area (Å²) < 4.78 is 47.0. The first-order valence-electron chi connectivity index (χ1n) is 10.0. The van der Waals surface area contributed by atoms with Crippen LogP contribution >= 0.6 is 34.8 Å². The molecule has 186 valence electrons. The Morgan fingerprint density at radius 3 is 1.91 bits per heavy atom. The molecule has 2 aromatic rings. The molecule has 0 aliphatic carbocycles. The molecule has 0 saturated heterocycles. The predicted octanol–water partition coefficient (Wildman–Crippen LogP) is 4.71. The van der Waals surface area contributed by atoms with Crippen molar-refractivity contribution in [1.82, 2.24) is 0 Å². The fraction of sp³-hybridized carbons (Fsp3) is 0.364. The fourth-order valence-electron chi connectivity index (χ4n) is 2.65. The van der Waals surface area contributed by atoms with Crippen molar-refractivity contribution in [2.24, 2.45) is 0 Å². The Kier molecular flexibility index (Phi) is 10.8. The number of hydrogen-bond acceptors (Lipinski definition) is 8. The van der Waals surface area contributed by atoms with Crippen molar-refractivity contribution in [2.75, 3.05) is 25.7 Å². The monoisotopic (exact) mass is 552 g/mol. The van der Waals surface area contributed by atoms with Crippen LogP contribution in [0, 0.1) is 0 Å². The van der Waals surface area contributed by atoms with Gasteiger partial charge in [0.1, 0.15) is 24.7 Å². The van der Waals surface area contributed by atoms with E-state index in [2.05, 4.69) is 0 Å². The van der Waals surface area contributed by atoms with Gasteiger partial charge in [0.25, 0.3) is 0 Å². The van der Waals surface area contributed by atoms with Gasteiger partial charge in [0.05, 0.1) is 26.4 Å². The molecule has 0 aromatic heterocycles. The third-order valence-corrected chi connectivity index (χ3v) is 6.80. The van der Waals surface area contributed by atoms with E-state index in [1.54, 1.807) is 0 Å². The maximum Gasteiger partial charge on any atom is 0.303 e. The molecule has 0 N–H and O–H groups in total. The number of sulfone groups is 1. The average Bonchev–Trinajstić information content (AvgIpc) is 2.77. The Labute approximate surface area is 212 Å². The number of ether oxygens (including phenoxy) is 4. The molecular formula is C22H23Cl3O8S. The lowest BCUT2D eigenvalue weighted by Gasteiger charge is -2.18.